The van der Waals surface area contributed by atoms with Gasteiger partial charge in [0.25, 0.3) is 0 Å². The Kier molecular flexibility index (Phi) is 6.41. The largest absolute Gasteiger partial charge is 0.425 e. The summed E-state index contributed by atoms with van der Waals surface area (Å²) < 4.78 is 5.85. The fraction of sp³-hybridized carbons (Fsp3) is 0.529. The van der Waals surface area contributed by atoms with Gasteiger partial charge in [-0.15, -0.1) is 10.2 Å². The zero-order chi connectivity index (χ0) is 14.9. The van der Waals surface area contributed by atoms with E-state index in [1.165, 1.54) is 12.0 Å². The Morgan fingerprint density at radius 2 is 1.90 bits per heavy atom. The van der Waals surface area contributed by atoms with Crippen LogP contribution >= 0.6 is 0 Å². The van der Waals surface area contributed by atoms with Gasteiger partial charge in [0.1, 0.15) is 0 Å². The van der Waals surface area contributed by atoms with E-state index in [2.05, 4.69) is 53.6 Å². The highest BCUT2D eigenvalue weighted by molar-refractivity contribution is 5.24. The molecule has 2 rings (SSSR count). The van der Waals surface area contributed by atoms with Crippen molar-refractivity contribution in [2.24, 2.45) is 0 Å². The molecule has 0 saturated carbocycles. The smallest absolute Gasteiger partial charge is 0.223 e. The van der Waals surface area contributed by atoms with Crippen molar-refractivity contribution in [2.75, 3.05) is 13.1 Å². The number of benzene rings is 1. The molecule has 21 heavy (non-hydrogen) atoms. The SMILES string of the molecule is CCCNCCCc1nnc(C(CC)c2ccccc2)o1. The maximum atomic E-state index is 5.85. The summed E-state index contributed by atoms with van der Waals surface area (Å²) in [7, 11) is 0. The summed E-state index contributed by atoms with van der Waals surface area (Å²) in [6, 6.07) is 10.4. The summed E-state index contributed by atoms with van der Waals surface area (Å²) >= 11 is 0. The molecule has 0 aliphatic carbocycles. The number of hydrogen-bond donors (Lipinski definition) is 1. The molecule has 4 heteroatoms. The third-order valence-corrected chi connectivity index (χ3v) is 3.56. The highest BCUT2D eigenvalue weighted by Gasteiger charge is 2.18. The Bertz CT molecular complexity index is 510. The topological polar surface area (TPSA) is 51.0 Å². The molecule has 1 unspecified atom stereocenters. The Morgan fingerprint density at radius 1 is 1.10 bits per heavy atom. The molecular formula is C17H25N3O. The lowest BCUT2D eigenvalue weighted by atomic mass is 9.97. The minimum absolute atomic E-state index is 0.200. The van der Waals surface area contributed by atoms with Gasteiger partial charge in [-0.1, -0.05) is 44.2 Å². The van der Waals surface area contributed by atoms with E-state index in [1.54, 1.807) is 0 Å². The van der Waals surface area contributed by atoms with Crippen molar-refractivity contribution >= 4 is 0 Å². The predicted octanol–water partition coefficient (Wildman–Crippen LogP) is 3.54. The van der Waals surface area contributed by atoms with E-state index in [-0.39, 0.29) is 5.92 Å². The number of aryl methyl sites for hydroxylation is 1. The van der Waals surface area contributed by atoms with Crippen LogP contribution in [0.15, 0.2) is 34.7 Å². The minimum atomic E-state index is 0.200. The summed E-state index contributed by atoms with van der Waals surface area (Å²) in [6.45, 7) is 6.39. The van der Waals surface area contributed by atoms with Crippen LogP contribution in [0.5, 0.6) is 0 Å². The van der Waals surface area contributed by atoms with Gasteiger partial charge in [0.05, 0.1) is 5.92 Å². The average Bonchev–Trinajstić information content (AvgIpc) is 2.98. The van der Waals surface area contributed by atoms with Crippen LogP contribution in [0.3, 0.4) is 0 Å². The van der Waals surface area contributed by atoms with E-state index < -0.39 is 0 Å². The van der Waals surface area contributed by atoms with Gasteiger partial charge >= 0.3 is 0 Å². The Labute approximate surface area is 127 Å². The summed E-state index contributed by atoms with van der Waals surface area (Å²) in [5, 5.41) is 11.8. The fourth-order valence-electron chi connectivity index (χ4n) is 2.41. The molecule has 1 aromatic heterocycles. The van der Waals surface area contributed by atoms with E-state index in [4.69, 9.17) is 4.42 Å². The normalized spacial score (nSPS) is 12.5. The first-order chi connectivity index (χ1) is 10.3. The molecular weight excluding hydrogens is 262 g/mol. The first-order valence-electron chi connectivity index (χ1n) is 7.93. The fourth-order valence-corrected chi connectivity index (χ4v) is 2.41. The van der Waals surface area contributed by atoms with Crippen LogP contribution in [0.25, 0.3) is 0 Å². The first kappa shape index (κ1) is 15.7. The molecule has 114 valence electrons. The zero-order valence-electron chi connectivity index (χ0n) is 13.0. The third-order valence-electron chi connectivity index (χ3n) is 3.56. The van der Waals surface area contributed by atoms with Crippen molar-refractivity contribution in [2.45, 2.75) is 45.4 Å². The van der Waals surface area contributed by atoms with E-state index in [1.807, 2.05) is 6.07 Å². The van der Waals surface area contributed by atoms with Crippen LogP contribution in [0.1, 0.15) is 56.4 Å². The summed E-state index contributed by atoms with van der Waals surface area (Å²) in [4.78, 5) is 0. The monoisotopic (exact) mass is 287 g/mol. The zero-order valence-corrected chi connectivity index (χ0v) is 13.0. The van der Waals surface area contributed by atoms with Crippen LogP contribution in [0, 0.1) is 0 Å². The highest BCUT2D eigenvalue weighted by Crippen LogP contribution is 2.26. The van der Waals surface area contributed by atoms with Crippen molar-refractivity contribution in [1.29, 1.82) is 0 Å². The Hall–Kier alpha value is -1.68. The van der Waals surface area contributed by atoms with Crippen LogP contribution in [-0.4, -0.2) is 23.3 Å². The number of rotatable bonds is 9. The van der Waals surface area contributed by atoms with Crippen molar-refractivity contribution in [3.63, 3.8) is 0 Å². The van der Waals surface area contributed by atoms with Crippen molar-refractivity contribution in [1.82, 2.24) is 15.5 Å². The van der Waals surface area contributed by atoms with Crippen LogP contribution in [0.4, 0.5) is 0 Å². The molecule has 1 atom stereocenters. The maximum absolute atomic E-state index is 5.85. The summed E-state index contributed by atoms with van der Waals surface area (Å²) in [5.41, 5.74) is 1.24. The number of nitrogens with zero attached hydrogens (tertiary/aromatic N) is 2. The lowest BCUT2D eigenvalue weighted by molar-refractivity contribution is 0.422. The molecule has 0 amide bonds. The van der Waals surface area contributed by atoms with Gasteiger partial charge in [-0.3, -0.25) is 0 Å². The molecule has 2 aromatic rings. The quantitative estimate of drug-likeness (QED) is 0.717. The van der Waals surface area contributed by atoms with Crippen LogP contribution in [0.2, 0.25) is 0 Å². The van der Waals surface area contributed by atoms with E-state index in [9.17, 15) is 0 Å². The second kappa shape index (κ2) is 8.57. The highest BCUT2D eigenvalue weighted by atomic mass is 16.4. The average molecular weight is 287 g/mol. The standard InChI is InChI=1S/C17H25N3O/c1-3-12-18-13-8-11-16-19-20-17(21-16)15(4-2)14-9-6-5-7-10-14/h5-7,9-10,15,18H,3-4,8,11-13H2,1-2H3. The van der Waals surface area contributed by atoms with Gasteiger partial charge in [0.15, 0.2) is 0 Å². The van der Waals surface area contributed by atoms with Crippen molar-refractivity contribution in [3.8, 4) is 0 Å². The van der Waals surface area contributed by atoms with Crippen molar-refractivity contribution < 1.29 is 4.42 Å². The van der Waals surface area contributed by atoms with Gasteiger partial charge in [-0.05, 0) is 37.9 Å². The second-order valence-corrected chi connectivity index (χ2v) is 5.26. The molecule has 0 aliphatic heterocycles. The van der Waals surface area contributed by atoms with Crippen molar-refractivity contribution in [3.05, 3.63) is 47.7 Å². The van der Waals surface area contributed by atoms with Gasteiger partial charge in [0, 0.05) is 6.42 Å². The second-order valence-electron chi connectivity index (χ2n) is 5.26. The van der Waals surface area contributed by atoms with Gasteiger partial charge < -0.3 is 9.73 Å². The summed E-state index contributed by atoms with van der Waals surface area (Å²) in [6.07, 6.45) is 4.00. The molecule has 0 bridgehead atoms. The Morgan fingerprint density at radius 3 is 2.62 bits per heavy atom. The lowest BCUT2D eigenvalue weighted by Gasteiger charge is -2.10. The van der Waals surface area contributed by atoms with Crippen LogP contribution < -0.4 is 5.32 Å². The molecule has 0 spiro atoms. The predicted molar refractivity (Wildman–Crippen MR) is 84.4 cm³/mol. The lowest BCUT2D eigenvalue weighted by Crippen LogP contribution is -2.16. The van der Waals surface area contributed by atoms with Crippen LogP contribution in [-0.2, 0) is 6.42 Å². The van der Waals surface area contributed by atoms with Gasteiger partial charge in [-0.25, -0.2) is 0 Å². The molecule has 4 nitrogen and oxygen atoms in total. The maximum Gasteiger partial charge on any atom is 0.223 e. The molecule has 0 fully saturated rings. The molecule has 1 heterocycles. The number of hydrogen-bond acceptors (Lipinski definition) is 4. The van der Waals surface area contributed by atoms with Gasteiger partial charge in [-0.2, -0.15) is 0 Å². The third kappa shape index (κ3) is 4.67. The van der Waals surface area contributed by atoms with Gasteiger partial charge in [0.2, 0.25) is 11.8 Å². The molecule has 1 N–H and O–H groups in total. The summed E-state index contributed by atoms with van der Waals surface area (Å²) in [5.74, 6) is 1.68. The van der Waals surface area contributed by atoms with E-state index in [0.29, 0.717) is 0 Å². The Balaban J connectivity index is 1.92. The van der Waals surface area contributed by atoms with E-state index in [0.717, 1.165) is 44.1 Å². The molecule has 0 aliphatic rings. The minimum Gasteiger partial charge on any atom is -0.425 e. The first-order valence-corrected chi connectivity index (χ1v) is 7.93. The molecule has 0 saturated heterocycles. The molecule has 1 aromatic carbocycles. The molecule has 0 radical (unpaired) electrons. The number of nitrogens with one attached hydrogen (secondary N) is 1. The van der Waals surface area contributed by atoms with E-state index >= 15 is 0 Å². The number of aromatic nitrogens is 2.